The van der Waals surface area contributed by atoms with Crippen LogP contribution in [-0.4, -0.2) is 165 Å². The van der Waals surface area contributed by atoms with Gasteiger partial charge in [0, 0.05) is 82.3 Å². The maximum absolute atomic E-state index is 12.6. The molecule has 0 fully saturated rings. The first-order valence-corrected chi connectivity index (χ1v) is 28.4. The smallest absolute Gasteiger partial charge is 0.326 e. The van der Waals surface area contributed by atoms with Gasteiger partial charge in [-0.3, -0.25) is 43.2 Å². The highest BCUT2D eigenvalue weighted by atomic mass is 16.5. The third-order valence-electron chi connectivity index (χ3n) is 13.4. The summed E-state index contributed by atoms with van der Waals surface area (Å²) in [4.78, 5) is 140. The van der Waals surface area contributed by atoms with E-state index in [1.807, 2.05) is 0 Å². The number of rotatable bonds is 54. The van der Waals surface area contributed by atoms with Crippen molar-refractivity contribution in [3.63, 3.8) is 0 Å². The molecule has 25 nitrogen and oxygen atoms in total. The zero-order valence-corrected chi connectivity index (χ0v) is 46.6. The molecule has 0 saturated heterocycles. The molecule has 80 heavy (non-hydrogen) atoms. The van der Waals surface area contributed by atoms with E-state index < -0.39 is 109 Å². The normalized spacial score (nSPS) is 13.0. The maximum atomic E-state index is 12.6. The number of ketones is 3. The number of aromatic amines is 1. The van der Waals surface area contributed by atoms with Gasteiger partial charge in [-0.05, 0) is 51.4 Å². The number of carbonyl (C=O) groups is 11. The summed E-state index contributed by atoms with van der Waals surface area (Å²) in [6.07, 6.45) is 18.0. The van der Waals surface area contributed by atoms with Crippen molar-refractivity contribution in [3.05, 3.63) is 18.2 Å². The molecule has 1 aromatic heterocycles. The summed E-state index contributed by atoms with van der Waals surface area (Å²) in [5.74, 6) is -9.87. The summed E-state index contributed by atoms with van der Waals surface area (Å²) in [5.41, 5.74) is 6.69. The van der Waals surface area contributed by atoms with Crippen LogP contribution < -0.4 is 27.0 Å². The number of H-pyrrole nitrogens is 1. The number of nitrogens with zero attached hydrogens (tertiary/aromatic N) is 1. The Bertz CT molecular complexity index is 2000. The Balaban J connectivity index is 2.20. The van der Waals surface area contributed by atoms with Crippen LogP contribution in [0.15, 0.2) is 12.5 Å². The summed E-state index contributed by atoms with van der Waals surface area (Å²) in [6.45, 7) is -0.772. The summed E-state index contributed by atoms with van der Waals surface area (Å²) in [6, 6.07) is -3.44. The molecule has 0 aliphatic heterocycles. The van der Waals surface area contributed by atoms with Crippen LogP contribution >= 0.6 is 0 Å². The Morgan fingerprint density at radius 3 is 1.52 bits per heavy atom. The van der Waals surface area contributed by atoms with Crippen molar-refractivity contribution >= 4 is 64.9 Å². The zero-order chi connectivity index (χ0) is 59.3. The summed E-state index contributed by atoms with van der Waals surface area (Å²) in [7, 11) is 0. The second kappa shape index (κ2) is 45.5. The standard InChI is InChI=1S/C55H91N7O18/c56-43(34-41-35-57-38-60-41)46(65)24-20-39(47(66)36-63)17-15-16-28-58-48(67)26-22-45(55(77)78)62-51(70)25-21-40(53(73)74)33-42(64)37-80-32-31-79-30-29-59-49(68)27-23-44(54(75)76)61-50(69)18-13-11-9-7-5-3-1-2-4-6-8-10-12-14-19-52(71)72/h35,38-40,43-45,63H,1-34,36-37,56H2,(H,57,60)(H,58,67)(H,59,68)(H,61,69)(H,62,70)(H,71,72)(H,73,74)(H,75,76)(H,77,78)/t39-,40-,43+,44+,45+/m1/s1. The molecule has 1 heterocycles. The van der Waals surface area contributed by atoms with Crippen LogP contribution in [0.3, 0.4) is 0 Å². The topological polar surface area (TPSA) is 410 Å². The number of aromatic nitrogens is 2. The molecule has 4 amide bonds. The molecular weight excluding hydrogens is 1050 g/mol. The number of aliphatic carboxylic acids is 4. The molecule has 25 heteroatoms. The van der Waals surface area contributed by atoms with E-state index in [1.165, 1.54) is 38.4 Å². The Morgan fingerprint density at radius 1 is 0.512 bits per heavy atom. The lowest BCUT2D eigenvalue weighted by atomic mass is 9.90. The average molecular weight is 1140 g/mol. The minimum atomic E-state index is -1.45. The Kier molecular flexibility index (Phi) is 40.9. The number of hydrogen-bond acceptors (Lipinski definition) is 16. The second-order valence-corrected chi connectivity index (χ2v) is 20.2. The quantitative estimate of drug-likeness (QED) is 0.0414. The van der Waals surface area contributed by atoms with E-state index in [4.69, 9.17) is 20.3 Å². The van der Waals surface area contributed by atoms with Gasteiger partial charge in [-0.15, -0.1) is 0 Å². The Labute approximate surface area is 468 Å². The molecule has 12 N–H and O–H groups in total. The molecule has 0 bridgehead atoms. The van der Waals surface area contributed by atoms with Crippen molar-refractivity contribution < 1.29 is 87.7 Å². The van der Waals surface area contributed by atoms with Gasteiger partial charge in [-0.2, -0.15) is 0 Å². The predicted molar refractivity (Wildman–Crippen MR) is 291 cm³/mol. The number of Topliss-reactive ketones (excluding diaryl/α,β-unsaturated/α-hetero) is 3. The number of aliphatic hydroxyl groups is 1. The molecule has 5 atom stereocenters. The SMILES string of the molecule is N[C@@H](Cc1cnc[nH]1)C(=O)CC[C@@H](CCCCNC(=O)CC[C@H](NC(=O)CC[C@H](CC(=O)COCCOCCNC(=O)CC[C@H](NC(=O)CCCCCCCCCCCCCCCCC(=O)O)C(=O)O)C(=O)O)C(=O)O)C(=O)CO. The van der Waals surface area contributed by atoms with Crippen LogP contribution in [0, 0.1) is 11.8 Å². The first kappa shape index (κ1) is 71.8. The lowest BCUT2D eigenvalue weighted by Crippen LogP contribution is -2.42. The highest BCUT2D eigenvalue weighted by Gasteiger charge is 2.26. The van der Waals surface area contributed by atoms with Crippen LogP contribution in [0.25, 0.3) is 0 Å². The maximum Gasteiger partial charge on any atom is 0.326 e. The molecule has 0 aliphatic carbocycles. The minimum Gasteiger partial charge on any atom is -0.481 e. The summed E-state index contributed by atoms with van der Waals surface area (Å²) < 4.78 is 10.7. The fourth-order valence-corrected chi connectivity index (χ4v) is 8.67. The van der Waals surface area contributed by atoms with E-state index in [9.17, 15) is 73.2 Å². The number of imidazole rings is 1. The van der Waals surface area contributed by atoms with Gasteiger partial charge in [0.2, 0.25) is 23.6 Å². The fourth-order valence-electron chi connectivity index (χ4n) is 8.67. The number of nitrogens with one attached hydrogen (secondary N) is 5. The Morgan fingerprint density at radius 2 is 1.01 bits per heavy atom. The number of unbranched alkanes of at least 4 members (excludes halogenated alkanes) is 14. The molecule has 454 valence electrons. The van der Waals surface area contributed by atoms with E-state index in [1.54, 1.807) is 6.20 Å². The molecule has 0 unspecified atom stereocenters. The zero-order valence-electron chi connectivity index (χ0n) is 46.6. The van der Waals surface area contributed by atoms with Crippen molar-refractivity contribution in [3.8, 4) is 0 Å². The van der Waals surface area contributed by atoms with Gasteiger partial charge in [0.05, 0.1) is 38.1 Å². The van der Waals surface area contributed by atoms with E-state index in [-0.39, 0.29) is 109 Å². The van der Waals surface area contributed by atoms with E-state index in [2.05, 4.69) is 31.2 Å². The lowest BCUT2D eigenvalue weighted by Gasteiger charge is -2.17. The Hall–Kier alpha value is -6.18. The number of ether oxygens (including phenoxy) is 2. The molecule has 0 saturated carbocycles. The van der Waals surface area contributed by atoms with Gasteiger partial charge in [0.25, 0.3) is 0 Å². The number of amides is 4. The molecule has 0 radical (unpaired) electrons. The number of aliphatic hydroxyl groups excluding tert-OH is 1. The first-order valence-electron chi connectivity index (χ1n) is 28.4. The summed E-state index contributed by atoms with van der Waals surface area (Å²) >= 11 is 0. The van der Waals surface area contributed by atoms with Crippen LogP contribution in [0.2, 0.25) is 0 Å². The molecule has 1 rings (SSSR count). The van der Waals surface area contributed by atoms with E-state index in [0.717, 1.165) is 51.4 Å². The van der Waals surface area contributed by atoms with E-state index >= 15 is 0 Å². The predicted octanol–water partition coefficient (Wildman–Crippen LogP) is 3.71. The largest absolute Gasteiger partial charge is 0.481 e. The average Bonchev–Trinajstić information content (AvgIpc) is 3.93. The van der Waals surface area contributed by atoms with Crippen molar-refractivity contribution in [2.45, 2.75) is 204 Å². The van der Waals surface area contributed by atoms with Gasteiger partial charge in [0.1, 0.15) is 31.1 Å². The van der Waals surface area contributed by atoms with Gasteiger partial charge in [-0.1, -0.05) is 83.5 Å². The number of carboxylic acids is 4. The van der Waals surface area contributed by atoms with Crippen molar-refractivity contribution in [1.29, 1.82) is 0 Å². The minimum absolute atomic E-state index is 0.0273. The first-order chi connectivity index (χ1) is 38.3. The second-order valence-electron chi connectivity index (χ2n) is 20.2. The molecule has 0 aliphatic rings. The third-order valence-corrected chi connectivity index (χ3v) is 13.4. The van der Waals surface area contributed by atoms with Crippen LogP contribution in [0.4, 0.5) is 0 Å². The number of nitrogens with two attached hydrogens (primary N) is 1. The molecular formula is C55H91N7O18. The highest BCUT2D eigenvalue weighted by molar-refractivity contribution is 5.88. The third kappa shape index (κ3) is 38.4. The lowest BCUT2D eigenvalue weighted by molar-refractivity contribution is -0.145. The van der Waals surface area contributed by atoms with Crippen LogP contribution in [0.1, 0.15) is 185 Å². The molecule has 0 spiro atoms. The van der Waals surface area contributed by atoms with Crippen molar-refractivity contribution in [2.24, 2.45) is 17.6 Å². The monoisotopic (exact) mass is 1140 g/mol. The van der Waals surface area contributed by atoms with Gasteiger partial charge < -0.3 is 67.0 Å². The van der Waals surface area contributed by atoms with Gasteiger partial charge in [0.15, 0.2) is 11.6 Å². The molecule has 1 aromatic rings. The number of carboxylic acid groups (broad SMARTS) is 4. The number of hydrogen-bond donors (Lipinski definition) is 11. The van der Waals surface area contributed by atoms with Gasteiger partial charge in [-0.25, -0.2) is 14.6 Å². The number of carbonyl (C=O) groups excluding carboxylic acids is 7. The van der Waals surface area contributed by atoms with E-state index in [0.29, 0.717) is 31.4 Å². The van der Waals surface area contributed by atoms with Crippen LogP contribution in [0.5, 0.6) is 0 Å². The fraction of sp³-hybridized carbons (Fsp3) is 0.745. The summed E-state index contributed by atoms with van der Waals surface area (Å²) in [5, 5.41) is 57.0. The van der Waals surface area contributed by atoms with Crippen LogP contribution in [-0.2, 0) is 68.6 Å². The molecule has 0 aromatic carbocycles. The highest BCUT2D eigenvalue weighted by Crippen LogP contribution is 2.19. The van der Waals surface area contributed by atoms with Gasteiger partial charge >= 0.3 is 23.9 Å². The van der Waals surface area contributed by atoms with Crippen molar-refractivity contribution in [2.75, 3.05) is 46.1 Å². The van der Waals surface area contributed by atoms with Crippen molar-refractivity contribution in [1.82, 2.24) is 31.2 Å².